The lowest BCUT2D eigenvalue weighted by Gasteiger charge is -2.05. The van der Waals surface area contributed by atoms with Crippen molar-refractivity contribution in [1.82, 2.24) is 4.98 Å². The molecule has 11 heavy (non-hydrogen) atoms. The quantitative estimate of drug-likeness (QED) is 0.562. The number of hydrogen-bond acceptors (Lipinski definition) is 1. The monoisotopic (exact) mass is 265 g/mol. The molecule has 0 saturated carbocycles. The minimum absolute atomic E-state index is 0.153. The highest BCUT2D eigenvalue weighted by Crippen LogP contribution is 2.17. The van der Waals surface area contributed by atoms with Crippen molar-refractivity contribution in [3.8, 4) is 0 Å². The first-order valence-corrected chi connectivity index (χ1v) is 4.50. The molecule has 0 saturated heterocycles. The molecule has 0 aliphatic carbocycles. The maximum Gasteiger partial charge on any atom is 0.130 e. The Hall–Kier alpha value is -0.190. The summed E-state index contributed by atoms with van der Waals surface area (Å²) in [5, 5.41) is 0. The molecule has 0 N–H and O–H groups in total. The van der Waals surface area contributed by atoms with Gasteiger partial charge in [0.05, 0.1) is 0 Å². The molecule has 0 aromatic carbocycles. The van der Waals surface area contributed by atoms with E-state index in [1.807, 2.05) is 36.4 Å². The Balaban J connectivity index is 3.09. The Bertz CT molecular complexity index is 260. The van der Waals surface area contributed by atoms with E-state index in [0.29, 0.717) is 9.26 Å². The van der Waals surface area contributed by atoms with Crippen LogP contribution >= 0.6 is 22.6 Å². The lowest BCUT2D eigenvalue weighted by atomic mass is 10.1. The van der Waals surface area contributed by atoms with Gasteiger partial charge in [0.2, 0.25) is 0 Å². The molecular weight excluding hydrogens is 256 g/mol. The second-order valence-corrected chi connectivity index (χ2v) is 3.79. The van der Waals surface area contributed by atoms with Crippen LogP contribution in [0.1, 0.15) is 25.3 Å². The second-order valence-electron chi connectivity index (χ2n) is 2.68. The van der Waals surface area contributed by atoms with Gasteiger partial charge in [-0.15, -0.1) is 0 Å². The number of halogens is 2. The van der Waals surface area contributed by atoms with E-state index in [9.17, 15) is 4.39 Å². The van der Waals surface area contributed by atoms with Crippen LogP contribution in [0.4, 0.5) is 4.39 Å². The maximum atomic E-state index is 13.1. The summed E-state index contributed by atoms with van der Waals surface area (Å²) in [6.45, 7) is 3.90. The Morgan fingerprint density at radius 1 is 1.55 bits per heavy atom. The van der Waals surface area contributed by atoms with Crippen LogP contribution in [0.15, 0.2) is 12.3 Å². The molecule has 1 nitrogen and oxygen atoms in total. The molecule has 60 valence electrons. The molecule has 1 aromatic heterocycles. The summed E-state index contributed by atoms with van der Waals surface area (Å²) in [4.78, 5) is 4.01. The summed E-state index contributed by atoms with van der Waals surface area (Å²) in [6, 6.07) is 1.45. The molecule has 3 heteroatoms. The van der Waals surface area contributed by atoms with Crippen molar-refractivity contribution in [1.29, 1.82) is 0 Å². The topological polar surface area (TPSA) is 12.9 Å². The number of nitrogens with zero attached hydrogens (tertiary/aromatic N) is 1. The van der Waals surface area contributed by atoms with Crippen LogP contribution < -0.4 is 0 Å². The van der Waals surface area contributed by atoms with Gasteiger partial charge in [-0.05, 0) is 28.5 Å². The molecule has 0 aliphatic rings. The molecule has 1 aromatic rings. The van der Waals surface area contributed by atoms with Gasteiger partial charge >= 0.3 is 0 Å². The van der Waals surface area contributed by atoms with Gasteiger partial charge in [0.1, 0.15) is 9.52 Å². The zero-order chi connectivity index (χ0) is 8.43. The van der Waals surface area contributed by atoms with Crippen LogP contribution in [0.25, 0.3) is 0 Å². The van der Waals surface area contributed by atoms with Crippen LogP contribution in [-0.2, 0) is 0 Å². The molecule has 0 bridgehead atoms. The molecule has 0 radical (unpaired) electrons. The van der Waals surface area contributed by atoms with Crippen LogP contribution in [0.3, 0.4) is 0 Å². The minimum atomic E-state index is -0.153. The van der Waals surface area contributed by atoms with E-state index in [0.717, 1.165) is 0 Å². The van der Waals surface area contributed by atoms with Crippen molar-refractivity contribution in [3.05, 3.63) is 27.3 Å². The molecule has 0 atom stereocenters. The maximum absolute atomic E-state index is 13.1. The van der Waals surface area contributed by atoms with Crippen molar-refractivity contribution >= 4 is 22.6 Å². The largest absolute Gasteiger partial charge is 0.250 e. The summed E-state index contributed by atoms with van der Waals surface area (Å²) in [5.74, 6) is 0.0545. The van der Waals surface area contributed by atoms with Gasteiger partial charge in [-0.25, -0.2) is 9.37 Å². The van der Waals surface area contributed by atoms with Gasteiger partial charge in [-0.2, -0.15) is 0 Å². The average molecular weight is 265 g/mol. The fourth-order valence-corrected chi connectivity index (χ4v) is 1.26. The summed E-state index contributed by atoms with van der Waals surface area (Å²) in [5.41, 5.74) is 0.686. The molecule has 1 heterocycles. The van der Waals surface area contributed by atoms with Crippen LogP contribution in [-0.4, -0.2) is 4.98 Å². The van der Waals surface area contributed by atoms with E-state index in [4.69, 9.17) is 0 Å². The second kappa shape index (κ2) is 3.47. The van der Waals surface area contributed by atoms with Crippen LogP contribution in [0, 0.1) is 9.52 Å². The third kappa shape index (κ3) is 2.12. The van der Waals surface area contributed by atoms with E-state index in [1.54, 1.807) is 6.20 Å². The first-order valence-electron chi connectivity index (χ1n) is 3.42. The van der Waals surface area contributed by atoms with E-state index < -0.39 is 0 Å². The Morgan fingerprint density at radius 2 is 2.18 bits per heavy atom. The highest BCUT2D eigenvalue weighted by Gasteiger charge is 2.06. The first kappa shape index (κ1) is 8.90. The van der Waals surface area contributed by atoms with Gasteiger partial charge in [-0.1, -0.05) is 13.8 Å². The molecule has 0 fully saturated rings. The van der Waals surface area contributed by atoms with Gasteiger partial charge in [0.25, 0.3) is 0 Å². The molecule has 0 amide bonds. The molecule has 0 spiro atoms. The predicted molar refractivity (Wildman–Crippen MR) is 51.0 cm³/mol. The summed E-state index contributed by atoms with van der Waals surface area (Å²) >= 11 is 1.99. The normalized spacial score (nSPS) is 10.6. The van der Waals surface area contributed by atoms with Gasteiger partial charge in [0, 0.05) is 17.8 Å². The molecule has 0 unspecified atom stereocenters. The number of rotatable bonds is 1. The van der Waals surface area contributed by atoms with Crippen molar-refractivity contribution in [2.24, 2.45) is 0 Å². The summed E-state index contributed by atoms with van der Waals surface area (Å²) in [7, 11) is 0. The zero-order valence-electron chi connectivity index (χ0n) is 6.44. The summed E-state index contributed by atoms with van der Waals surface area (Å²) < 4.78 is 13.8. The Labute approximate surface area is 79.2 Å². The first-order chi connectivity index (χ1) is 5.11. The van der Waals surface area contributed by atoms with Crippen molar-refractivity contribution in [2.45, 2.75) is 19.8 Å². The lowest BCUT2D eigenvalue weighted by molar-refractivity contribution is 0.593. The highest BCUT2D eigenvalue weighted by atomic mass is 127. The average Bonchev–Trinajstić information content (AvgIpc) is 1.85. The van der Waals surface area contributed by atoms with E-state index in [2.05, 4.69) is 4.98 Å². The highest BCUT2D eigenvalue weighted by molar-refractivity contribution is 14.1. The van der Waals surface area contributed by atoms with Gasteiger partial charge in [-0.3, -0.25) is 0 Å². The molecular formula is C8H9FIN. The number of aromatic nitrogens is 1. The van der Waals surface area contributed by atoms with Gasteiger partial charge in [0.15, 0.2) is 0 Å². The summed E-state index contributed by atoms with van der Waals surface area (Å²) in [6.07, 6.45) is 1.60. The Morgan fingerprint density at radius 3 is 2.64 bits per heavy atom. The fourth-order valence-electron chi connectivity index (χ4n) is 0.843. The van der Waals surface area contributed by atoms with Crippen molar-refractivity contribution in [3.63, 3.8) is 0 Å². The molecule has 0 aliphatic heterocycles. The molecule has 1 rings (SSSR count). The third-order valence-electron chi connectivity index (χ3n) is 1.47. The number of hydrogen-bond donors (Lipinski definition) is 0. The third-order valence-corrected chi connectivity index (χ3v) is 2.06. The lowest BCUT2D eigenvalue weighted by Crippen LogP contribution is -1.95. The van der Waals surface area contributed by atoms with E-state index >= 15 is 0 Å². The van der Waals surface area contributed by atoms with Crippen LogP contribution in [0.5, 0.6) is 0 Å². The van der Waals surface area contributed by atoms with Crippen molar-refractivity contribution in [2.75, 3.05) is 0 Å². The van der Waals surface area contributed by atoms with Crippen molar-refractivity contribution < 1.29 is 4.39 Å². The number of pyridine rings is 1. The standard InChI is InChI=1S/C8H9FIN/c1-5(2)6-4-11-8(10)3-7(6)9/h3-5H,1-2H3. The van der Waals surface area contributed by atoms with Crippen LogP contribution in [0.2, 0.25) is 0 Å². The minimum Gasteiger partial charge on any atom is -0.250 e. The van der Waals surface area contributed by atoms with E-state index in [-0.39, 0.29) is 11.7 Å². The Kier molecular flexibility index (Phi) is 2.81. The van der Waals surface area contributed by atoms with Gasteiger partial charge < -0.3 is 0 Å². The SMILES string of the molecule is CC(C)c1cnc(I)cc1F. The fraction of sp³-hybridized carbons (Fsp3) is 0.375. The smallest absolute Gasteiger partial charge is 0.130 e. The zero-order valence-corrected chi connectivity index (χ0v) is 8.59. The van der Waals surface area contributed by atoms with E-state index in [1.165, 1.54) is 6.07 Å². The predicted octanol–water partition coefficient (Wildman–Crippen LogP) is 2.95.